The summed E-state index contributed by atoms with van der Waals surface area (Å²) in [4.78, 5) is 11.1. The average Bonchev–Trinajstić information content (AvgIpc) is 2.93. The van der Waals surface area contributed by atoms with Gasteiger partial charge in [0.05, 0.1) is 12.7 Å². The van der Waals surface area contributed by atoms with Gasteiger partial charge in [0.1, 0.15) is 5.75 Å². The van der Waals surface area contributed by atoms with Gasteiger partial charge >= 0.3 is 0 Å². The van der Waals surface area contributed by atoms with Crippen LogP contribution in [0.2, 0.25) is 0 Å². The van der Waals surface area contributed by atoms with E-state index in [4.69, 9.17) is 4.74 Å². The van der Waals surface area contributed by atoms with Crippen molar-refractivity contribution in [2.75, 3.05) is 7.11 Å². The molecular weight excluding hydrogens is 236 g/mol. The van der Waals surface area contributed by atoms with E-state index < -0.39 is 0 Å². The van der Waals surface area contributed by atoms with Crippen LogP contribution in [0, 0.1) is 0 Å². The summed E-state index contributed by atoms with van der Waals surface area (Å²) in [6, 6.07) is 12.3. The van der Waals surface area contributed by atoms with Crippen LogP contribution in [0.3, 0.4) is 0 Å². The van der Waals surface area contributed by atoms with Crippen LogP contribution >= 0.6 is 0 Å². The van der Waals surface area contributed by atoms with Gasteiger partial charge in [0, 0.05) is 0 Å². The molecular formula is C17H16O2. The molecule has 1 aliphatic carbocycles. The molecule has 1 aliphatic rings. The van der Waals surface area contributed by atoms with Crippen molar-refractivity contribution in [2.24, 2.45) is 0 Å². The normalized spacial score (nSPS) is 13.1. The third-order valence-electron chi connectivity index (χ3n) is 3.79. The molecule has 96 valence electrons. The van der Waals surface area contributed by atoms with Crippen LogP contribution in [0.1, 0.15) is 27.9 Å². The average molecular weight is 252 g/mol. The van der Waals surface area contributed by atoms with E-state index in [1.54, 1.807) is 7.11 Å². The first-order valence-electron chi connectivity index (χ1n) is 6.57. The number of hydrogen-bond donors (Lipinski definition) is 0. The molecule has 3 rings (SSSR count). The number of aryl methyl sites for hydroxylation is 2. The lowest BCUT2D eigenvalue weighted by molar-refractivity contribution is 0.112. The van der Waals surface area contributed by atoms with Crippen molar-refractivity contribution in [3.05, 3.63) is 53.1 Å². The number of benzene rings is 2. The van der Waals surface area contributed by atoms with Crippen LogP contribution in [0.25, 0.3) is 11.1 Å². The lowest BCUT2D eigenvalue weighted by Gasteiger charge is -2.08. The predicted octanol–water partition coefficient (Wildman–Crippen LogP) is 3.66. The number of aldehydes is 1. The summed E-state index contributed by atoms with van der Waals surface area (Å²) < 4.78 is 5.17. The third-order valence-corrected chi connectivity index (χ3v) is 3.79. The van der Waals surface area contributed by atoms with Crippen LogP contribution in [-0.2, 0) is 12.8 Å². The number of ether oxygens (including phenoxy) is 1. The zero-order chi connectivity index (χ0) is 13.2. The highest BCUT2D eigenvalue weighted by atomic mass is 16.5. The predicted molar refractivity (Wildman–Crippen MR) is 75.8 cm³/mol. The molecule has 2 nitrogen and oxygen atoms in total. The van der Waals surface area contributed by atoms with E-state index in [-0.39, 0.29) is 0 Å². The molecule has 0 saturated carbocycles. The molecule has 0 N–H and O–H groups in total. The van der Waals surface area contributed by atoms with E-state index in [0.717, 1.165) is 11.8 Å². The second-order valence-electron chi connectivity index (χ2n) is 4.91. The molecule has 19 heavy (non-hydrogen) atoms. The van der Waals surface area contributed by atoms with E-state index in [9.17, 15) is 4.79 Å². The third kappa shape index (κ3) is 2.14. The van der Waals surface area contributed by atoms with Crippen LogP contribution in [-0.4, -0.2) is 13.4 Å². The van der Waals surface area contributed by atoms with Gasteiger partial charge in [0.15, 0.2) is 6.29 Å². The van der Waals surface area contributed by atoms with Crippen molar-refractivity contribution in [1.29, 1.82) is 0 Å². The Morgan fingerprint density at radius 1 is 1.00 bits per heavy atom. The van der Waals surface area contributed by atoms with Crippen LogP contribution in [0.5, 0.6) is 5.75 Å². The highest BCUT2D eigenvalue weighted by Crippen LogP contribution is 2.30. The minimum absolute atomic E-state index is 0.598. The molecule has 0 aromatic heterocycles. The van der Waals surface area contributed by atoms with E-state index >= 15 is 0 Å². The van der Waals surface area contributed by atoms with Gasteiger partial charge < -0.3 is 4.74 Å². The van der Waals surface area contributed by atoms with Crippen LogP contribution in [0.4, 0.5) is 0 Å². The van der Waals surface area contributed by atoms with Gasteiger partial charge in [-0.15, -0.1) is 0 Å². The number of hydrogen-bond acceptors (Lipinski definition) is 2. The molecule has 0 unspecified atom stereocenters. The van der Waals surface area contributed by atoms with E-state index in [1.165, 1.54) is 36.0 Å². The Balaban J connectivity index is 2.04. The molecule has 2 aromatic carbocycles. The Labute approximate surface area is 113 Å². The quantitative estimate of drug-likeness (QED) is 0.779. The van der Waals surface area contributed by atoms with Crippen LogP contribution in [0.15, 0.2) is 36.4 Å². The lowest BCUT2D eigenvalue weighted by Crippen LogP contribution is -1.91. The summed E-state index contributed by atoms with van der Waals surface area (Å²) in [5.74, 6) is 0.625. The van der Waals surface area contributed by atoms with Crippen molar-refractivity contribution < 1.29 is 9.53 Å². The molecule has 0 radical (unpaired) electrons. The smallest absolute Gasteiger partial charge is 0.153 e. The summed E-state index contributed by atoms with van der Waals surface area (Å²) in [6.45, 7) is 0. The summed E-state index contributed by atoms with van der Waals surface area (Å²) in [7, 11) is 1.58. The fourth-order valence-electron chi connectivity index (χ4n) is 2.76. The zero-order valence-corrected chi connectivity index (χ0v) is 11.0. The first-order chi connectivity index (χ1) is 9.31. The first-order valence-corrected chi connectivity index (χ1v) is 6.57. The van der Waals surface area contributed by atoms with Gasteiger partial charge in [0.2, 0.25) is 0 Å². The fourth-order valence-corrected chi connectivity index (χ4v) is 2.76. The summed E-state index contributed by atoms with van der Waals surface area (Å²) in [6.07, 6.45) is 4.45. The fraction of sp³-hybridized carbons (Fsp3) is 0.235. The summed E-state index contributed by atoms with van der Waals surface area (Å²) in [5, 5.41) is 0. The Bertz CT molecular complexity index is 629. The van der Waals surface area contributed by atoms with Gasteiger partial charge in [-0.05, 0) is 53.6 Å². The highest BCUT2D eigenvalue weighted by molar-refractivity contribution is 5.83. The largest absolute Gasteiger partial charge is 0.496 e. The molecule has 0 bridgehead atoms. The maximum atomic E-state index is 11.1. The number of rotatable bonds is 3. The van der Waals surface area contributed by atoms with Gasteiger partial charge in [-0.1, -0.05) is 24.3 Å². The summed E-state index contributed by atoms with van der Waals surface area (Å²) in [5.41, 5.74) is 5.75. The van der Waals surface area contributed by atoms with Gasteiger partial charge in [-0.25, -0.2) is 0 Å². The van der Waals surface area contributed by atoms with Crippen molar-refractivity contribution in [1.82, 2.24) is 0 Å². The molecule has 2 heteroatoms. The Hall–Kier alpha value is -2.09. The Kier molecular flexibility index (Phi) is 3.08. The van der Waals surface area contributed by atoms with Crippen molar-refractivity contribution in [3.8, 4) is 16.9 Å². The van der Waals surface area contributed by atoms with Crippen molar-refractivity contribution >= 4 is 6.29 Å². The van der Waals surface area contributed by atoms with Gasteiger partial charge in [-0.2, -0.15) is 0 Å². The van der Waals surface area contributed by atoms with E-state index in [0.29, 0.717) is 11.3 Å². The second-order valence-corrected chi connectivity index (χ2v) is 4.91. The molecule has 0 spiro atoms. The maximum absolute atomic E-state index is 11.1. The molecule has 0 atom stereocenters. The maximum Gasteiger partial charge on any atom is 0.153 e. The molecule has 0 fully saturated rings. The van der Waals surface area contributed by atoms with Crippen molar-refractivity contribution in [2.45, 2.75) is 19.3 Å². The lowest BCUT2D eigenvalue weighted by atomic mass is 9.99. The molecule has 0 saturated heterocycles. The number of carbonyl (C=O) groups is 1. The number of carbonyl (C=O) groups excluding carboxylic acids is 1. The van der Waals surface area contributed by atoms with Gasteiger partial charge in [-0.3, -0.25) is 4.79 Å². The zero-order valence-electron chi connectivity index (χ0n) is 11.0. The van der Waals surface area contributed by atoms with E-state index in [2.05, 4.69) is 18.2 Å². The summed E-state index contributed by atoms with van der Waals surface area (Å²) >= 11 is 0. The molecule has 0 aliphatic heterocycles. The minimum atomic E-state index is 0.598. The minimum Gasteiger partial charge on any atom is -0.496 e. The van der Waals surface area contributed by atoms with Gasteiger partial charge in [0.25, 0.3) is 0 Å². The molecule has 0 heterocycles. The number of fused-ring (bicyclic) bond motifs is 1. The molecule has 2 aromatic rings. The van der Waals surface area contributed by atoms with Crippen molar-refractivity contribution in [3.63, 3.8) is 0 Å². The monoisotopic (exact) mass is 252 g/mol. The first kappa shape index (κ1) is 12.0. The number of methoxy groups -OCH3 is 1. The van der Waals surface area contributed by atoms with Crippen LogP contribution < -0.4 is 4.74 Å². The van der Waals surface area contributed by atoms with E-state index in [1.807, 2.05) is 18.2 Å². The standard InChI is InChI=1S/C17H16O2/c1-19-17-8-7-15(10-16(17)11-18)14-6-5-12-3-2-4-13(12)9-14/h5-11H,2-4H2,1H3. The molecule has 0 amide bonds. The SMILES string of the molecule is COc1ccc(-c2ccc3c(c2)CCC3)cc1C=O. The highest BCUT2D eigenvalue weighted by Gasteiger charge is 2.12. The Morgan fingerprint density at radius 2 is 1.74 bits per heavy atom. The topological polar surface area (TPSA) is 26.3 Å². The second kappa shape index (κ2) is 4.88. The Morgan fingerprint density at radius 3 is 2.53 bits per heavy atom.